The normalized spacial score (nSPS) is 10.8. The zero-order valence-corrected chi connectivity index (χ0v) is 10.3. The molecule has 1 aromatic carbocycles. The summed E-state index contributed by atoms with van der Waals surface area (Å²) >= 11 is 0. The van der Waals surface area contributed by atoms with Crippen molar-refractivity contribution < 1.29 is 4.74 Å². The highest BCUT2D eigenvalue weighted by molar-refractivity contribution is 5.73. The average molecular weight is 231 g/mol. The van der Waals surface area contributed by atoms with Gasteiger partial charge in [-0.25, -0.2) is 0 Å². The molecule has 1 heterocycles. The second-order valence-electron chi connectivity index (χ2n) is 4.22. The summed E-state index contributed by atoms with van der Waals surface area (Å²) in [5.41, 5.74) is 8.68. The van der Waals surface area contributed by atoms with Gasteiger partial charge in [0.15, 0.2) is 0 Å². The van der Waals surface area contributed by atoms with Crippen LogP contribution in [0.2, 0.25) is 0 Å². The highest BCUT2D eigenvalue weighted by Crippen LogP contribution is 2.29. The molecule has 2 rings (SSSR count). The van der Waals surface area contributed by atoms with Crippen LogP contribution in [0, 0.1) is 0 Å². The number of benzene rings is 1. The molecule has 17 heavy (non-hydrogen) atoms. The third-order valence-electron chi connectivity index (χ3n) is 2.68. The smallest absolute Gasteiger partial charge is 0.118 e. The molecule has 1 aromatic heterocycles. The summed E-state index contributed by atoms with van der Waals surface area (Å²) in [4.78, 5) is 0. The first-order valence-electron chi connectivity index (χ1n) is 5.61. The molecule has 0 atom stereocenters. The van der Waals surface area contributed by atoms with Crippen molar-refractivity contribution in [3.8, 4) is 17.0 Å². The fourth-order valence-electron chi connectivity index (χ4n) is 1.81. The van der Waals surface area contributed by atoms with Gasteiger partial charge >= 0.3 is 0 Å². The Morgan fingerprint density at radius 2 is 1.88 bits per heavy atom. The Morgan fingerprint density at radius 3 is 2.41 bits per heavy atom. The maximum absolute atomic E-state index is 5.97. The summed E-state index contributed by atoms with van der Waals surface area (Å²) in [5.74, 6) is 0.836. The predicted molar refractivity (Wildman–Crippen MR) is 69.0 cm³/mol. The molecule has 0 saturated heterocycles. The lowest BCUT2D eigenvalue weighted by molar-refractivity contribution is 0.415. The van der Waals surface area contributed by atoms with Crippen molar-refractivity contribution >= 4 is 5.69 Å². The van der Waals surface area contributed by atoms with Crippen molar-refractivity contribution in [2.24, 2.45) is 0 Å². The summed E-state index contributed by atoms with van der Waals surface area (Å²) < 4.78 is 7.07. The van der Waals surface area contributed by atoms with E-state index >= 15 is 0 Å². The highest BCUT2D eigenvalue weighted by atomic mass is 16.5. The van der Waals surface area contributed by atoms with Gasteiger partial charge in [0.05, 0.1) is 24.7 Å². The topological polar surface area (TPSA) is 53.1 Å². The van der Waals surface area contributed by atoms with E-state index in [4.69, 9.17) is 10.5 Å². The molecule has 2 aromatic rings. The number of methoxy groups -OCH3 is 1. The van der Waals surface area contributed by atoms with Gasteiger partial charge in [0.1, 0.15) is 5.75 Å². The zero-order chi connectivity index (χ0) is 12.4. The van der Waals surface area contributed by atoms with Crippen LogP contribution < -0.4 is 10.5 Å². The monoisotopic (exact) mass is 231 g/mol. The number of rotatable bonds is 3. The average Bonchev–Trinajstić information content (AvgIpc) is 2.71. The molecule has 90 valence electrons. The second kappa shape index (κ2) is 4.49. The maximum atomic E-state index is 5.97. The molecule has 0 aliphatic rings. The van der Waals surface area contributed by atoms with E-state index in [0.29, 0.717) is 5.69 Å². The Balaban J connectivity index is 2.48. The number of nitrogens with zero attached hydrogens (tertiary/aromatic N) is 2. The lowest BCUT2D eigenvalue weighted by Gasteiger charge is -2.12. The fourth-order valence-corrected chi connectivity index (χ4v) is 1.81. The Labute approximate surface area is 101 Å². The number of aromatic nitrogens is 2. The summed E-state index contributed by atoms with van der Waals surface area (Å²) in [6.07, 6.45) is 1.69. The number of nitrogen functional groups attached to an aromatic ring is 1. The molecular weight excluding hydrogens is 214 g/mol. The van der Waals surface area contributed by atoms with E-state index in [2.05, 4.69) is 18.9 Å². The Bertz CT molecular complexity index is 500. The van der Waals surface area contributed by atoms with Gasteiger partial charge < -0.3 is 10.5 Å². The Kier molecular flexibility index (Phi) is 3.04. The fraction of sp³-hybridized carbons (Fsp3) is 0.308. The SMILES string of the molecule is COc1ccc(-c2c(N)cnn2C(C)C)cc1. The maximum Gasteiger partial charge on any atom is 0.118 e. The third kappa shape index (κ3) is 2.11. The van der Waals surface area contributed by atoms with E-state index in [0.717, 1.165) is 17.0 Å². The Hall–Kier alpha value is -1.97. The van der Waals surface area contributed by atoms with Crippen molar-refractivity contribution in [1.82, 2.24) is 9.78 Å². The van der Waals surface area contributed by atoms with Crippen LogP contribution in [0.4, 0.5) is 5.69 Å². The van der Waals surface area contributed by atoms with Crippen molar-refractivity contribution in [1.29, 1.82) is 0 Å². The van der Waals surface area contributed by atoms with Crippen LogP contribution in [-0.4, -0.2) is 16.9 Å². The predicted octanol–water partition coefficient (Wildman–Crippen LogP) is 2.72. The molecule has 0 amide bonds. The lowest BCUT2D eigenvalue weighted by Crippen LogP contribution is -2.05. The summed E-state index contributed by atoms with van der Waals surface area (Å²) in [5, 5.41) is 4.29. The first-order valence-corrected chi connectivity index (χ1v) is 5.61. The van der Waals surface area contributed by atoms with E-state index in [1.165, 1.54) is 0 Å². The molecular formula is C13H17N3O. The van der Waals surface area contributed by atoms with Gasteiger partial charge in [0, 0.05) is 11.6 Å². The number of anilines is 1. The third-order valence-corrected chi connectivity index (χ3v) is 2.68. The molecule has 0 bridgehead atoms. The summed E-state index contributed by atoms with van der Waals surface area (Å²) in [7, 11) is 1.65. The van der Waals surface area contributed by atoms with Crippen molar-refractivity contribution in [3.63, 3.8) is 0 Å². The first-order chi connectivity index (χ1) is 8.13. The van der Waals surface area contributed by atoms with Gasteiger partial charge in [0.25, 0.3) is 0 Å². The van der Waals surface area contributed by atoms with E-state index < -0.39 is 0 Å². The molecule has 0 spiro atoms. The number of ether oxygens (including phenoxy) is 1. The zero-order valence-electron chi connectivity index (χ0n) is 10.3. The molecule has 0 fully saturated rings. The minimum Gasteiger partial charge on any atom is -0.497 e. The van der Waals surface area contributed by atoms with Gasteiger partial charge in [-0.2, -0.15) is 5.10 Å². The van der Waals surface area contributed by atoms with Crippen molar-refractivity contribution in [2.75, 3.05) is 12.8 Å². The molecule has 4 heteroatoms. The molecule has 0 aliphatic carbocycles. The van der Waals surface area contributed by atoms with Crippen LogP contribution in [0.15, 0.2) is 30.5 Å². The minimum absolute atomic E-state index is 0.282. The summed E-state index contributed by atoms with van der Waals surface area (Å²) in [6.45, 7) is 4.17. The van der Waals surface area contributed by atoms with E-state index in [-0.39, 0.29) is 6.04 Å². The second-order valence-corrected chi connectivity index (χ2v) is 4.22. The van der Waals surface area contributed by atoms with Crippen LogP contribution in [0.5, 0.6) is 5.75 Å². The molecule has 2 N–H and O–H groups in total. The van der Waals surface area contributed by atoms with E-state index in [1.807, 2.05) is 28.9 Å². The standard InChI is InChI=1S/C13H17N3O/c1-9(2)16-13(12(14)8-15-16)10-4-6-11(17-3)7-5-10/h4-9H,14H2,1-3H3. The molecule has 0 unspecified atom stereocenters. The quantitative estimate of drug-likeness (QED) is 0.883. The van der Waals surface area contributed by atoms with Crippen LogP contribution in [-0.2, 0) is 0 Å². The van der Waals surface area contributed by atoms with Crippen LogP contribution in [0.1, 0.15) is 19.9 Å². The van der Waals surface area contributed by atoms with Crippen LogP contribution >= 0.6 is 0 Å². The summed E-state index contributed by atoms with van der Waals surface area (Å²) in [6, 6.07) is 8.11. The van der Waals surface area contributed by atoms with Gasteiger partial charge in [-0.3, -0.25) is 4.68 Å². The molecule has 4 nitrogen and oxygen atoms in total. The molecule has 0 radical (unpaired) electrons. The number of hydrogen-bond acceptors (Lipinski definition) is 3. The van der Waals surface area contributed by atoms with Gasteiger partial charge in [0.2, 0.25) is 0 Å². The largest absolute Gasteiger partial charge is 0.497 e. The number of nitrogens with two attached hydrogens (primary N) is 1. The van der Waals surface area contributed by atoms with Crippen molar-refractivity contribution in [3.05, 3.63) is 30.5 Å². The highest BCUT2D eigenvalue weighted by Gasteiger charge is 2.12. The Morgan fingerprint density at radius 1 is 1.24 bits per heavy atom. The van der Waals surface area contributed by atoms with Crippen molar-refractivity contribution in [2.45, 2.75) is 19.9 Å². The van der Waals surface area contributed by atoms with Gasteiger partial charge in [-0.05, 0) is 38.1 Å². The van der Waals surface area contributed by atoms with E-state index in [1.54, 1.807) is 13.3 Å². The lowest BCUT2D eigenvalue weighted by atomic mass is 10.1. The van der Waals surface area contributed by atoms with Gasteiger partial charge in [-0.1, -0.05) is 0 Å². The number of hydrogen-bond donors (Lipinski definition) is 1. The first kappa shape index (κ1) is 11.5. The van der Waals surface area contributed by atoms with Gasteiger partial charge in [-0.15, -0.1) is 0 Å². The van der Waals surface area contributed by atoms with E-state index in [9.17, 15) is 0 Å². The van der Waals surface area contributed by atoms with Crippen LogP contribution in [0.3, 0.4) is 0 Å². The molecule has 0 aliphatic heterocycles. The molecule has 0 saturated carbocycles. The minimum atomic E-state index is 0.282. The van der Waals surface area contributed by atoms with Crippen LogP contribution in [0.25, 0.3) is 11.3 Å².